The van der Waals surface area contributed by atoms with E-state index >= 15 is 0 Å². The zero-order chi connectivity index (χ0) is 11.4. The van der Waals surface area contributed by atoms with E-state index in [4.69, 9.17) is 0 Å². The lowest BCUT2D eigenvalue weighted by Gasteiger charge is -2.34. The normalized spacial score (nSPS) is 18.9. The van der Waals surface area contributed by atoms with E-state index in [1.165, 1.54) is 38.3 Å². The Hall–Kier alpha value is -0.510. The summed E-state index contributed by atoms with van der Waals surface area (Å²) in [7, 11) is 0. The Kier molecular flexibility index (Phi) is 4.27. The van der Waals surface area contributed by atoms with Crippen LogP contribution in [0.15, 0.2) is 29.2 Å². The molecular formula is C13H20N2S. The number of likely N-dealkylation sites (N-methyl/N-ethyl adjacent to an activating group) is 1. The van der Waals surface area contributed by atoms with Crippen molar-refractivity contribution in [3.05, 3.63) is 29.8 Å². The molecule has 0 spiro atoms. The molecule has 0 atom stereocenters. The van der Waals surface area contributed by atoms with Crippen molar-refractivity contribution in [1.29, 1.82) is 0 Å². The molecular weight excluding hydrogens is 216 g/mol. The first-order valence-electron chi connectivity index (χ1n) is 6.00. The molecule has 1 heterocycles. The summed E-state index contributed by atoms with van der Waals surface area (Å²) in [5.41, 5.74) is 1.37. The largest absolute Gasteiger partial charge is 0.301 e. The quantitative estimate of drug-likeness (QED) is 0.803. The number of thiol groups is 1. The minimum atomic E-state index is 1.06. The van der Waals surface area contributed by atoms with Crippen molar-refractivity contribution < 1.29 is 0 Å². The molecule has 0 saturated carbocycles. The minimum absolute atomic E-state index is 1.06. The van der Waals surface area contributed by atoms with Crippen LogP contribution in [0.2, 0.25) is 0 Å². The first kappa shape index (κ1) is 12.0. The first-order chi connectivity index (χ1) is 7.78. The van der Waals surface area contributed by atoms with Crippen LogP contribution < -0.4 is 0 Å². The van der Waals surface area contributed by atoms with Gasteiger partial charge in [-0.05, 0) is 24.2 Å². The summed E-state index contributed by atoms with van der Waals surface area (Å²) in [4.78, 5) is 6.09. The summed E-state index contributed by atoms with van der Waals surface area (Å²) in [5.74, 6) is 0. The van der Waals surface area contributed by atoms with E-state index in [0.29, 0.717) is 0 Å². The summed E-state index contributed by atoms with van der Waals surface area (Å²) in [5, 5.41) is 0. The van der Waals surface area contributed by atoms with Gasteiger partial charge in [0.25, 0.3) is 0 Å². The van der Waals surface area contributed by atoms with Crippen LogP contribution in [0, 0.1) is 0 Å². The zero-order valence-electron chi connectivity index (χ0n) is 9.89. The third-order valence-corrected chi connectivity index (χ3v) is 3.51. The van der Waals surface area contributed by atoms with Gasteiger partial charge < -0.3 is 4.90 Å². The second-order valence-electron chi connectivity index (χ2n) is 4.38. The van der Waals surface area contributed by atoms with E-state index in [1.54, 1.807) is 0 Å². The topological polar surface area (TPSA) is 6.48 Å². The van der Waals surface area contributed by atoms with Crippen molar-refractivity contribution in [3.8, 4) is 0 Å². The van der Waals surface area contributed by atoms with Gasteiger partial charge in [0.05, 0.1) is 0 Å². The van der Waals surface area contributed by atoms with E-state index < -0.39 is 0 Å². The fourth-order valence-corrected chi connectivity index (χ4v) is 2.43. The fourth-order valence-electron chi connectivity index (χ4n) is 2.18. The van der Waals surface area contributed by atoms with Crippen LogP contribution in [-0.4, -0.2) is 42.5 Å². The fraction of sp³-hybridized carbons (Fsp3) is 0.538. The molecule has 0 N–H and O–H groups in total. The van der Waals surface area contributed by atoms with Crippen molar-refractivity contribution in [1.82, 2.24) is 9.80 Å². The second kappa shape index (κ2) is 5.71. The third kappa shape index (κ3) is 3.24. The summed E-state index contributed by atoms with van der Waals surface area (Å²) >= 11 is 4.37. The average Bonchev–Trinajstić information content (AvgIpc) is 2.30. The van der Waals surface area contributed by atoms with Crippen LogP contribution >= 0.6 is 12.6 Å². The van der Waals surface area contributed by atoms with E-state index in [0.717, 1.165) is 11.4 Å². The van der Waals surface area contributed by atoms with Gasteiger partial charge in [0, 0.05) is 37.6 Å². The van der Waals surface area contributed by atoms with Crippen LogP contribution in [0.1, 0.15) is 12.5 Å². The average molecular weight is 236 g/mol. The smallest absolute Gasteiger partial charge is 0.0235 e. The van der Waals surface area contributed by atoms with Gasteiger partial charge in [-0.25, -0.2) is 0 Å². The standard InChI is InChI=1S/C13H20N2S/c1-2-14-6-8-15(9-7-14)11-12-4-3-5-13(16)10-12/h3-5,10,16H,2,6-9,11H2,1H3. The lowest BCUT2D eigenvalue weighted by Crippen LogP contribution is -2.45. The van der Waals surface area contributed by atoms with Gasteiger partial charge in [0.1, 0.15) is 0 Å². The van der Waals surface area contributed by atoms with Gasteiger partial charge in [-0.3, -0.25) is 4.90 Å². The molecule has 0 amide bonds. The van der Waals surface area contributed by atoms with Gasteiger partial charge >= 0.3 is 0 Å². The molecule has 0 aliphatic carbocycles. The first-order valence-corrected chi connectivity index (χ1v) is 6.45. The number of benzene rings is 1. The molecule has 1 aromatic carbocycles. The maximum atomic E-state index is 4.37. The van der Waals surface area contributed by atoms with Crippen molar-refractivity contribution in [2.24, 2.45) is 0 Å². The monoisotopic (exact) mass is 236 g/mol. The molecule has 0 unspecified atom stereocenters. The molecule has 2 rings (SSSR count). The highest BCUT2D eigenvalue weighted by Gasteiger charge is 2.15. The van der Waals surface area contributed by atoms with E-state index in [-0.39, 0.29) is 0 Å². The number of nitrogens with zero attached hydrogens (tertiary/aromatic N) is 2. The Bertz CT molecular complexity index is 332. The molecule has 1 aromatic rings. The predicted molar refractivity (Wildman–Crippen MR) is 71.1 cm³/mol. The zero-order valence-corrected chi connectivity index (χ0v) is 10.8. The molecule has 0 radical (unpaired) electrons. The van der Waals surface area contributed by atoms with Crippen molar-refractivity contribution in [3.63, 3.8) is 0 Å². The van der Waals surface area contributed by atoms with Crippen LogP contribution in [0.25, 0.3) is 0 Å². The Labute approximate surface area is 104 Å². The van der Waals surface area contributed by atoms with E-state index in [9.17, 15) is 0 Å². The molecule has 88 valence electrons. The number of rotatable bonds is 3. The van der Waals surface area contributed by atoms with Gasteiger partial charge in [-0.1, -0.05) is 19.1 Å². The van der Waals surface area contributed by atoms with Crippen molar-refractivity contribution in [2.75, 3.05) is 32.7 Å². The summed E-state index contributed by atoms with van der Waals surface area (Å²) < 4.78 is 0. The molecule has 1 aliphatic heterocycles. The molecule has 2 nitrogen and oxygen atoms in total. The van der Waals surface area contributed by atoms with Gasteiger partial charge in [-0.2, -0.15) is 0 Å². The highest BCUT2D eigenvalue weighted by Crippen LogP contribution is 2.12. The third-order valence-electron chi connectivity index (χ3n) is 3.23. The Balaban J connectivity index is 1.87. The summed E-state index contributed by atoms with van der Waals surface area (Å²) in [6, 6.07) is 8.46. The molecule has 16 heavy (non-hydrogen) atoms. The summed E-state index contributed by atoms with van der Waals surface area (Å²) in [6.45, 7) is 9.26. The summed E-state index contributed by atoms with van der Waals surface area (Å²) in [6.07, 6.45) is 0. The number of piperazine rings is 1. The lowest BCUT2D eigenvalue weighted by molar-refractivity contribution is 0.132. The molecule has 0 bridgehead atoms. The SMILES string of the molecule is CCN1CCN(Cc2cccc(S)c2)CC1. The second-order valence-corrected chi connectivity index (χ2v) is 4.90. The number of hydrogen-bond donors (Lipinski definition) is 1. The Morgan fingerprint density at radius 2 is 1.81 bits per heavy atom. The van der Waals surface area contributed by atoms with Crippen molar-refractivity contribution >= 4 is 12.6 Å². The number of hydrogen-bond acceptors (Lipinski definition) is 3. The Morgan fingerprint density at radius 3 is 2.44 bits per heavy atom. The van der Waals surface area contributed by atoms with Gasteiger partial charge in [-0.15, -0.1) is 12.6 Å². The van der Waals surface area contributed by atoms with Gasteiger partial charge in [0.2, 0.25) is 0 Å². The van der Waals surface area contributed by atoms with Crippen molar-refractivity contribution in [2.45, 2.75) is 18.4 Å². The highest BCUT2D eigenvalue weighted by molar-refractivity contribution is 7.80. The molecule has 1 saturated heterocycles. The van der Waals surface area contributed by atoms with Crippen LogP contribution in [0.5, 0.6) is 0 Å². The maximum absolute atomic E-state index is 4.37. The predicted octanol–water partition coefficient (Wildman–Crippen LogP) is 2.11. The minimum Gasteiger partial charge on any atom is -0.301 e. The van der Waals surface area contributed by atoms with E-state index in [1.807, 2.05) is 6.07 Å². The van der Waals surface area contributed by atoms with Crippen LogP contribution in [0.4, 0.5) is 0 Å². The Morgan fingerprint density at radius 1 is 1.12 bits per heavy atom. The van der Waals surface area contributed by atoms with Crippen LogP contribution in [-0.2, 0) is 6.54 Å². The highest BCUT2D eigenvalue weighted by atomic mass is 32.1. The van der Waals surface area contributed by atoms with Crippen LogP contribution in [0.3, 0.4) is 0 Å². The van der Waals surface area contributed by atoms with Gasteiger partial charge in [0.15, 0.2) is 0 Å². The molecule has 1 aliphatic rings. The molecule has 1 fully saturated rings. The lowest BCUT2D eigenvalue weighted by atomic mass is 10.2. The van der Waals surface area contributed by atoms with E-state index in [2.05, 4.69) is 47.6 Å². The maximum Gasteiger partial charge on any atom is 0.0235 e. The molecule has 0 aromatic heterocycles. The molecule has 3 heteroatoms.